The molecule has 0 N–H and O–H groups in total. The fraction of sp³-hybridized carbons (Fsp3) is 0.0682. The van der Waals surface area contributed by atoms with Gasteiger partial charge in [0.05, 0.1) is 0 Å². The van der Waals surface area contributed by atoms with Crippen LogP contribution in [0.1, 0.15) is 25.0 Å². The zero-order valence-corrected chi connectivity index (χ0v) is 28.2. The molecule has 1 radical (unpaired) electrons. The van der Waals surface area contributed by atoms with Crippen molar-refractivity contribution >= 4 is 0 Å². The predicted octanol–water partition coefficient (Wildman–Crippen LogP) is 11.5. The van der Waals surface area contributed by atoms with E-state index in [1.54, 1.807) is 0 Å². The molecule has 1 aliphatic rings. The Hall–Kier alpha value is -4.88. The van der Waals surface area contributed by atoms with Crippen LogP contribution in [0.25, 0.3) is 66.9 Å². The Morgan fingerprint density at radius 1 is 0.457 bits per heavy atom. The van der Waals surface area contributed by atoms with E-state index in [0.29, 0.717) is 0 Å². The Bertz CT molecular complexity index is 2180. The third-order valence-electron chi connectivity index (χ3n) is 9.25. The number of rotatable bonds is 5. The monoisotopic (exact) mass is 767 g/mol. The summed E-state index contributed by atoms with van der Waals surface area (Å²) >= 11 is 0. The number of aromatic nitrogens is 1. The van der Waals surface area contributed by atoms with E-state index >= 15 is 0 Å². The Kier molecular flexibility index (Phi) is 7.87. The maximum absolute atomic E-state index is 4.91. The zero-order chi connectivity index (χ0) is 30.4. The molecular weight excluding hydrogens is 735 g/mol. The average Bonchev–Trinajstić information content (AvgIpc) is 3.34. The van der Waals surface area contributed by atoms with Crippen LogP contribution in [0.5, 0.6) is 0 Å². The minimum Gasteiger partial charge on any atom is -0.304 e. The standard InChI is InChI=1S/C44H32N.Ir/c1-44(2)41-20-7-6-19-39(41)40-23-21-37(28-42(40)44)43-24-22-38(29-45-43)36-18-10-17-35(27-36)34-16-9-15-33(26-34)32-14-8-13-31(25-32)30-11-4-3-5-12-30;/h3-20,22-29H,1-2H3;/q-1;. The number of benzene rings is 6. The molecule has 1 heterocycles. The van der Waals surface area contributed by atoms with Gasteiger partial charge in [-0.25, -0.2) is 0 Å². The molecule has 1 aromatic heterocycles. The first-order valence-electron chi connectivity index (χ1n) is 15.5. The molecule has 0 saturated carbocycles. The zero-order valence-electron chi connectivity index (χ0n) is 25.8. The molecule has 1 aliphatic carbocycles. The van der Waals surface area contributed by atoms with E-state index in [1.165, 1.54) is 55.6 Å². The third kappa shape index (κ3) is 5.35. The van der Waals surface area contributed by atoms with Gasteiger partial charge in [0.1, 0.15) is 0 Å². The van der Waals surface area contributed by atoms with Crippen LogP contribution in [-0.2, 0) is 25.5 Å². The Morgan fingerprint density at radius 2 is 0.978 bits per heavy atom. The first-order chi connectivity index (χ1) is 22.0. The van der Waals surface area contributed by atoms with Gasteiger partial charge in [-0.3, -0.25) is 0 Å². The number of nitrogens with zero attached hydrogens (tertiary/aromatic N) is 1. The number of pyridine rings is 1. The molecule has 1 nitrogen and oxygen atoms in total. The largest absolute Gasteiger partial charge is 0.304 e. The Morgan fingerprint density at radius 3 is 1.57 bits per heavy atom. The minimum absolute atomic E-state index is 0. The molecule has 8 rings (SSSR count). The molecule has 46 heavy (non-hydrogen) atoms. The molecule has 0 spiro atoms. The van der Waals surface area contributed by atoms with Crippen molar-refractivity contribution in [2.24, 2.45) is 0 Å². The van der Waals surface area contributed by atoms with Gasteiger partial charge in [0.15, 0.2) is 0 Å². The molecule has 2 heteroatoms. The van der Waals surface area contributed by atoms with Crippen molar-refractivity contribution < 1.29 is 20.1 Å². The van der Waals surface area contributed by atoms with E-state index in [4.69, 9.17) is 4.98 Å². The van der Waals surface area contributed by atoms with Crippen molar-refractivity contribution in [3.05, 3.63) is 175 Å². The van der Waals surface area contributed by atoms with Crippen LogP contribution in [0.3, 0.4) is 0 Å². The summed E-state index contributed by atoms with van der Waals surface area (Å²) < 4.78 is 0. The van der Waals surface area contributed by atoms with Crippen LogP contribution in [0.15, 0.2) is 158 Å². The maximum atomic E-state index is 4.91. The minimum atomic E-state index is -0.0435. The second-order valence-corrected chi connectivity index (χ2v) is 12.4. The third-order valence-corrected chi connectivity index (χ3v) is 9.25. The summed E-state index contributed by atoms with van der Waals surface area (Å²) in [6.45, 7) is 4.62. The van der Waals surface area contributed by atoms with Gasteiger partial charge in [-0.2, -0.15) is 0 Å². The summed E-state index contributed by atoms with van der Waals surface area (Å²) in [5.74, 6) is 0. The molecule has 0 atom stereocenters. The van der Waals surface area contributed by atoms with Crippen molar-refractivity contribution in [1.82, 2.24) is 4.98 Å². The Labute approximate surface area is 285 Å². The normalized spacial score (nSPS) is 12.6. The molecule has 0 amide bonds. The predicted molar refractivity (Wildman–Crippen MR) is 188 cm³/mol. The van der Waals surface area contributed by atoms with Crippen LogP contribution in [0, 0.1) is 6.07 Å². The van der Waals surface area contributed by atoms with Crippen LogP contribution in [0.2, 0.25) is 0 Å². The molecule has 0 fully saturated rings. The summed E-state index contributed by atoms with van der Waals surface area (Å²) in [6, 6.07) is 57.8. The van der Waals surface area contributed by atoms with E-state index in [-0.39, 0.29) is 25.5 Å². The van der Waals surface area contributed by atoms with Gasteiger partial charge in [0.2, 0.25) is 0 Å². The first-order valence-corrected chi connectivity index (χ1v) is 15.5. The quantitative estimate of drug-likeness (QED) is 0.159. The van der Waals surface area contributed by atoms with Gasteiger partial charge in [0.25, 0.3) is 0 Å². The summed E-state index contributed by atoms with van der Waals surface area (Å²) in [7, 11) is 0. The van der Waals surface area contributed by atoms with Gasteiger partial charge in [-0.1, -0.05) is 146 Å². The van der Waals surface area contributed by atoms with Crippen molar-refractivity contribution in [3.63, 3.8) is 0 Å². The fourth-order valence-electron chi connectivity index (χ4n) is 6.78. The second-order valence-electron chi connectivity index (χ2n) is 12.4. The topological polar surface area (TPSA) is 12.9 Å². The summed E-state index contributed by atoms with van der Waals surface area (Å²) in [4.78, 5) is 4.91. The van der Waals surface area contributed by atoms with Crippen molar-refractivity contribution in [1.29, 1.82) is 0 Å². The van der Waals surface area contributed by atoms with E-state index < -0.39 is 0 Å². The molecule has 6 aromatic carbocycles. The molecule has 0 aliphatic heterocycles. The van der Waals surface area contributed by atoms with E-state index in [0.717, 1.165) is 22.4 Å². The number of hydrogen-bond acceptors (Lipinski definition) is 1. The van der Waals surface area contributed by atoms with Gasteiger partial charge < -0.3 is 4.98 Å². The number of hydrogen-bond donors (Lipinski definition) is 0. The summed E-state index contributed by atoms with van der Waals surface area (Å²) in [5.41, 5.74) is 16.7. The Balaban J connectivity index is 0.00000338. The van der Waals surface area contributed by atoms with Crippen molar-refractivity contribution in [2.75, 3.05) is 0 Å². The van der Waals surface area contributed by atoms with Crippen molar-refractivity contribution in [3.8, 4) is 66.9 Å². The van der Waals surface area contributed by atoms with Crippen LogP contribution in [0.4, 0.5) is 0 Å². The SMILES string of the molecule is CC1(C)c2ccccc2-c2c[c-]c(-c3ccc(-c4cccc(-c5cccc(-c6cccc(-c7ccccc7)c6)c5)c4)cn3)cc21.[Ir]. The molecule has 223 valence electrons. The summed E-state index contributed by atoms with van der Waals surface area (Å²) in [5, 5.41) is 0. The van der Waals surface area contributed by atoms with E-state index in [1.807, 2.05) is 6.20 Å². The van der Waals surface area contributed by atoms with Gasteiger partial charge in [-0.05, 0) is 79.4 Å². The molecule has 0 bridgehead atoms. The van der Waals surface area contributed by atoms with Gasteiger partial charge >= 0.3 is 0 Å². The summed E-state index contributed by atoms with van der Waals surface area (Å²) in [6.07, 6.45) is 1.99. The van der Waals surface area contributed by atoms with Gasteiger partial charge in [0, 0.05) is 26.3 Å². The van der Waals surface area contributed by atoms with Gasteiger partial charge in [-0.15, -0.1) is 29.3 Å². The molecule has 0 unspecified atom stereocenters. The maximum Gasteiger partial charge on any atom is 0.0239 e. The molecule has 0 saturated heterocycles. The fourth-order valence-corrected chi connectivity index (χ4v) is 6.78. The van der Waals surface area contributed by atoms with Crippen LogP contribution < -0.4 is 0 Å². The average molecular weight is 767 g/mol. The van der Waals surface area contributed by atoms with Crippen molar-refractivity contribution in [2.45, 2.75) is 19.3 Å². The molecular formula is C44H32IrN-. The van der Waals surface area contributed by atoms with E-state index in [9.17, 15) is 0 Å². The first kappa shape index (κ1) is 29.8. The second kappa shape index (κ2) is 12.1. The van der Waals surface area contributed by atoms with Crippen LogP contribution >= 0.6 is 0 Å². The number of fused-ring (bicyclic) bond motifs is 3. The smallest absolute Gasteiger partial charge is 0.0239 e. The van der Waals surface area contributed by atoms with E-state index in [2.05, 4.69) is 172 Å². The van der Waals surface area contributed by atoms with Crippen LogP contribution in [-0.4, -0.2) is 4.98 Å². The molecule has 7 aromatic rings.